The molecule has 0 N–H and O–H groups in total. The van der Waals surface area contributed by atoms with Crippen molar-refractivity contribution in [3.05, 3.63) is 89.6 Å². The van der Waals surface area contributed by atoms with Gasteiger partial charge in [0.25, 0.3) is 5.91 Å². The molecule has 1 unspecified atom stereocenters. The maximum atomic E-state index is 13.6. The standard InChI is InChI=1S/C26H27N5O2/c1-19-6-2-3-8-21(19)16-30(17-23-9-5-11-33-23)26(32)22-12-24-25(28-14-22)31(18-29-24)15-20-7-4-10-27-13-20/h2-4,6-8,10,12-14,18,23H,5,9,11,15-17H2,1H3. The van der Waals surface area contributed by atoms with E-state index in [1.165, 1.54) is 5.56 Å². The summed E-state index contributed by atoms with van der Waals surface area (Å²) in [4.78, 5) is 28.7. The molecule has 0 bridgehead atoms. The SMILES string of the molecule is Cc1ccccc1CN(CC1CCCO1)C(=O)c1cnc2c(c1)ncn2Cc1cccnc1. The first kappa shape index (κ1) is 21.3. The van der Waals surface area contributed by atoms with Crippen LogP contribution in [0.15, 0.2) is 67.4 Å². The first-order valence-corrected chi connectivity index (χ1v) is 11.3. The number of imidazole rings is 1. The number of rotatable bonds is 7. The van der Waals surface area contributed by atoms with Gasteiger partial charge in [-0.3, -0.25) is 9.78 Å². The zero-order valence-electron chi connectivity index (χ0n) is 18.7. The van der Waals surface area contributed by atoms with Crippen LogP contribution >= 0.6 is 0 Å². The van der Waals surface area contributed by atoms with Gasteiger partial charge in [0.05, 0.1) is 24.5 Å². The number of benzene rings is 1. The number of carbonyl (C=O) groups is 1. The highest BCUT2D eigenvalue weighted by atomic mass is 16.5. The molecule has 4 heterocycles. The third-order valence-electron chi connectivity index (χ3n) is 6.14. The average molecular weight is 442 g/mol. The highest BCUT2D eigenvalue weighted by molar-refractivity contribution is 5.96. The molecular weight excluding hydrogens is 414 g/mol. The van der Waals surface area contributed by atoms with Crippen molar-refractivity contribution < 1.29 is 9.53 Å². The van der Waals surface area contributed by atoms with Gasteiger partial charge in [-0.1, -0.05) is 30.3 Å². The number of nitrogens with zero attached hydrogens (tertiary/aromatic N) is 5. The lowest BCUT2D eigenvalue weighted by Gasteiger charge is -2.26. The van der Waals surface area contributed by atoms with E-state index in [0.717, 1.165) is 36.2 Å². The summed E-state index contributed by atoms with van der Waals surface area (Å²) in [5.74, 6) is -0.0510. The van der Waals surface area contributed by atoms with E-state index in [-0.39, 0.29) is 12.0 Å². The molecule has 1 aliphatic rings. The zero-order chi connectivity index (χ0) is 22.6. The molecule has 1 atom stereocenters. The van der Waals surface area contributed by atoms with Crippen LogP contribution in [0.4, 0.5) is 0 Å². The second-order valence-corrected chi connectivity index (χ2v) is 8.55. The fourth-order valence-corrected chi connectivity index (χ4v) is 4.30. The number of hydrogen-bond donors (Lipinski definition) is 0. The second kappa shape index (κ2) is 9.50. The molecule has 1 aliphatic heterocycles. The lowest BCUT2D eigenvalue weighted by molar-refractivity contribution is 0.0506. The minimum Gasteiger partial charge on any atom is -0.376 e. The number of carbonyl (C=O) groups excluding carboxylic acids is 1. The van der Waals surface area contributed by atoms with Gasteiger partial charge in [0.15, 0.2) is 5.65 Å². The number of aryl methyl sites for hydroxylation is 1. The Labute approximate surface area is 193 Å². The van der Waals surface area contributed by atoms with E-state index in [9.17, 15) is 4.79 Å². The number of aromatic nitrogens is 4. The Balaban J connectivity index is 1.40. The zero-order valence-corrected chi connectivity index (χ0v) is 18.7. The summed E-state index contributed by atoms with van der Waals surface area (Å²) in [5.41, 5.74) is 5.38. The van der Waals surface area contributed by atoms with Crippen LogP contribution in [-0.4, -0.2) is 49.6 Å². The van der Waals surface area contributed by atoms with E-state index in [1.54, 1.807) is 18.7 Å². The van der Waals surface area contributed by atoms with Crippen molar-refractivity contribution in [2.24, 2.45) is 0 Å². The lowest BCUT2D eigenvalue weighted by atomic mass is 10.1. The van der Waals surface area contributed by atoms with E-state index < -0.39 is 0 Å². The molecule has 3 aromatic heterocycles. The Bertz CT molecular complexity index is 1250. The van der Waals surface area contributed by atoms with E-state index >= 15 is 0 Å². The minimum atomic E-state index is -0.0510. The molecule has 1 aromatic carbocycles. The Morgan fingerprint density at radius 3 is 2.88 bits per heavy atom. The lowest BCUT2D eigenvalue weighted by Crippen LogP contribution is -2.37. The van der Waals surface area contributed by atoms with Gasteiger partial charge >= 0.3 is 0 Å². The summed E-state index contributed by atoms with van der Waals surface area (Å²) >= 11 is 0. The molecule has 168 valence electrons. The maximum absolute atomic E-state index is 13.6. The molecule has 5 rings (SSSR count). The van der Waals surface area contributed by atoms with E-state index in [4.69, 9.17) is 4.74 Å². The normalized spacial score (nSPS) is 15.7. The fraction of sp³-hybridized carbons (Fsp3) is 0.308. The van der Waals surface area contributed by atoms with E-state index in [2.05, 4.69) is 34.0 Å². The van der Waals surface area contributed by atoms with Gasteiger partial charge in [-0.05, 0) is 48.6 Å². The number of ether oxygens (including phenoxy) is 1. The van der Waals surface area contributed by atoms with Crippen LogP contribution in [-0.2, 0) is 17.8 Å². The van der Waals surface area contributed by atoms with Crippen LogP contribution in [0.25, 0.3) is 11.2 Å². The molecule has 1 fully saturated rings. The van der Waals surface area contributed by atoms with Crippen molar-refractivity contribution in [2.75, 3.05) is 13.2 Å². The monoisotopic (exact) mass is 441 g/mol. The molecule has 0 saturated carbocycles. The molecular formula is C26H27N5O2. The molecule has 7 nitrogen and oxygen atoms in total. The highest BCUT2D eigenvalue weighted by Crippen LogP contribution is 2.20. The number of amides is 1. The van der Waals surface area contributed by atoms with Crippen LogP contribution in [0, 0.1) is 6.92 Å². The smallest absolute Gasteiger partial charge is 0.255 e. The van der Waals surface area contributed by atoms with Gasteiger partial charge in [-0.2, -0.15) is 0 Å². The Morgan fingerprint density at radius 1 is 1.18 bits per heavy atom. The van der Waals surface area contributed by atoms with Crippen LogP contribution in [0.5, 0.6) is 0 Å². The van der Waals surface area contributed by atoms with Crippen molar-refractivity contribution >= 4 is 17.1 Å². The predicted molar refractivity (Wildman–Crippen MR) is 126 cm³/mol. The average Bonchev–Trinajstić information content (AvgIpc) is 3.50. The minimum absolute atomic E-state index is 0.0510. The van der Waals surface area contributed by atoms with E-state index in [1.807, 2.05) is 46.0 Å². The van der Waals surface area contributed by atoms with Gasteiger partial charge in [0.1, 0.15) is 5.52 Å². The van der Waals surface area contributed by atoms with Gasteiger partial charge in [0.2, 0.25) is 0 Å². The summed E-state index contributed by atoms with van der Waals surface area (Å²) in [6, 6.07) is 14.0. The molecule has 0 radical (unpaired) electrons. The molecule has 1 saturated heterocycles. The summed E-state index contributed by atoms with van der Waals surface area (Å²) < 4.78 is 7.81. The fourth-order valence-electron chi connectivity index (χ4n) is 4.30. The van der Waals surface area contributed by atoms with Crippen molar-refractivity contribution in [1.29, 1.82) is 0 Å². The topological polar surface area (TPSA) is 73.1 Å². The third kappa shape index (κ3) is 4.78. The number of pyridine rings is 2. The summed E-state index contributed by atoms with van der Waals surface area (Å²) in [5, 5.41) is 0. The van der Waals surface area contributed by atoms with Crippen molar-refractivity contribution in [1.82, 2.24) is 24.4 Å². The summed E-state index contributed by atoms with van der Waals surface area (Å²) in [6.45, 7) is 4.58. The van der Waals surface area contributed by atoms with Crippen molar-refractivity contribution in [2.45, 2.75) is 39.0 Å². The van der Waals surface area contributed by atoms with Gasteiger partial charge in [-0.15, -0.1) is 0 Å². The van der Waals surface area contributed by atoms with Crippen molar-refractivity contribution in [3.63, 3.8) is 0 Å². The first-order valence-electron chi connectivity index (χ1n) is 11.3. The molecule has 7 heteroatoms. The van der Waals surface area contributed by atoms with Crippen molar-refractivity contribution in [3.8, 4) is 0 Å². The first-order chi connectivity index (χ1) is 16.2. The molecule has 1 amide bonds. The number of hydrogen-bond acceptors (Lipinski definition) is 5. The summed E-state index contributed by atoms with van der Waals surface area (Å²) in [6.07, 6.45) is 9.10. The summed E-state index contributed by atoms with van der Waals surface area (Å²) in [7, 11) is 0. The third-order valence-corrected chi connectivity index (χ3v) is 6.14. The molecule has 0 aliphatic carbocycles. The number of fused-ring (bicyclic) bond motifs is 1. The highest BCUT2D eigenvalue weighted by Gasteiger charge is 2.25. The largest absolute Gasteiger partial charge is 0.376 e. The van der Waals surface area contributed by atoms with Crippen LogP contribution in [0.2, 0.25) is 0 Å². The van der Waals surface area contributed by atoms with Crippen LogP contribution < -0.4 is 0 Å². The van der Waals surface area contributed by atoms with Gasteiger partial charge in [0, 0.05) is 38.3 Å². The van der Waals surface area contributed by atoms with Gasteiger partial charge < -0.3 is 14.2 Å². The second-order valence-electron chi connectivity index (χ2n) is 8.55. The molecule has 4 aromatic rings. The predicted octanol–water partition coefficient (Wildman–Crippen LogP) is 4.00. The molecule has 0 spiro atoms. The Morgan fingerprint density at radius 2 is 2.09 bits per heavy atom. The Kier molecular flexibility index (Phi) is 6.13. The van der Waals surface area contributed by atoms with Crippen LogP contribution in [0.1, 0.15) is 39.9 Å². The van der Waals surface area contributed by atoms with Gasteiger partial charge in [-0.25, -0.2) is 9.97 Å². The van der Waals surface area contributed by atoms with Crippen LogP contribution in [0.3, 0.4) is 0 Å². The maximum Gasteiger partial charge on any atom is 0.255 e. The van der Waals surface area contributed by atoms with E-state index in [0.29, 0.717) is 30.7 Å². The quantitative estimate of drug-likeness (QED) is 0.433. The Hall–Kier alpha value is -3.58. The molecule has 33 heavy (non-hydrogen) atoms.